The van der Waals surface area contributed by atoms with Crippen molar-refractivity contribution in [1.29, 1.82) is 0 Å². The van der Waals surface area contributed by atoms with Gasteiger partial charge in [0.2, 0.25) is 11.8 Å². The number of amides is 2. The average Bonchev–Trinajstić information content (AvgIpc) is 2.54. The van der Waals surface area contributed by atoms with Gasteiger partial charge in [0.15, 0.2) is 0 Å². The number of rotatable bonds is 9. The minimum Gasteiger partial charge on any atom is -0.382 e. The third-order valence-corrected chi connectivity index (χ3v) is 2.98. The molecule has 20 heavy (non-hydrogen) atoms. The van der Waals surface area contributed by atoms with Crippen LogP contribution in [0, 0.1) is 0 Å². The van der Waals surface area contributed by atoms with Crippen molar-refractivity contribution < 1.29 is 23.8 Å². The number of ether oxygens (including phenoxy) is 3. The fraction of sp³-hybridized carbons (Fsp3) is 0.846. The van der Waals surface area contributed by atoms with Crippen LogP contribution in [0.3, 0.4) is 0 Å². The molecule has 1 aliphatic heterocycles. The lowest BCUT2D eigenvalue weighted by molar-refractivity contribution is -0.133. The first-order valence-electron chi connectivity index (χ1n) is 6.87. The van der Waals surface area contributed by atoms with Gasteiger partial charge >= 0.3 is 0 Å². The summed E-state index contributed by atoms with van der Waals surface area (Å²) in [5.74, 6) is -0.142. The molecule has 0 radical (unpaired) electrons. The molecule has 1 unspecified atom stereocenters. The van der Waals surface area contributed by atoms with E-state index < -0.39 is 6.04 Å². The first-order valence-corrected chi connectivity index (χ1v) is 6.87. The fourth-order valence-electron chi connectivity index (χ4n) is 1.86. The van der Waals surface area contributed by atoms with E-state index in [-0.39, 0.29) is 11.8 Å². The highest BCUT2D eigenvalue weighted by atomic mass is 16.5. The van der Waals surface area contributed by atoms with Crippen LogP contribution < -0.4 is 5.32 Å². The molecule has 0 saturated carbocycles. The highest BCUT2D eigenvalue weighted by Gasteiger charge is 2.25. The van der Waals surface area contributed by atoms with E-state index in [0.29, 0.717) is 52.5 Å². The molecule has 0 spiro atoms. The summed E-state index contributed by atoms with van der Waals surface area (Å²) >= 11 is 0. The lowest BCUT2D eigenvalue weighted by Gasteiger charge is -2.22. The zero-order valence-electron chi connectivity index (χ0n) is 12.2. The summed E-state index contributed by atoms with van der Waals surface area (Å²) in [5.41, 5.74) is 0. The van der Waals surface area contributed by atoms with Gasteiger partial charge in [0.1, 0.15) is 6.04 Å². The maximum absolute atomic E-state index is 11.9. The SMILES string of the molecule is COCCOCCOCCN1CCC(=O)NC(C)C1=O. The molecule has 0 aromatic rings. The number of nitrogens with zero attached hydrogens (tertiary/aromatic N) is 1. The summed E-state index contributed by atoms with van der Waals surface area (Å²) in [5, 5.41) is 2.65. The second kappa shape index (κ2) is 9.68. The second-order valence-corrected chi connectivity index (χ2v) is 4.58. The Balaban J connectivity index is 2.11. The summed E-state index contributed by atoms with van der Waals surface area (Å²) in [6, 6.07) is -0.456. The predicted molar refractivity (Wildman–Crippen MR) is 72.3 cm³/mol. The topological polar surface area (TPSA) is 77.1 Å². The third kappa shape index (κ3) is 6.31. The Hall–Kier alpha value is -1.18. The van der Waals surface area contributed by atoms with Crippen molar-refractivity contribution in [3.05, 3.63) is 0 Å². The molecule has 1 rings (SSSR count). The summed E-state index contributed by atoms with van der Waals surface area (Å²) < 4.78 is 15.5. The predicted octanol–water partition coefficient (Wildman–Crippen LogP) is -0.597. The van der Waals surface area contributed by atoms with Crippen molar-refractivity contribution in [3.8, 4) is 0 Å². The Labute approximate surface area is 119 Å². The van der Waals surface area contributed by atoms with Gasteiger partial charge in [-0.05, 0) is 6.92 Å². The molecule has 0 bridgehead atoms. The van der Waals surface area contributed by atoms with Crippen molar-refractivity contribution in [3.63, 3.8) is 0 Å². The van der Waals surface area contributed by atoms with Gasteiger partial charge in [-0.25, -0.2) is 0 Å². The van der Waals surface area contributed by atoms with Crippen LogP contribution in [0.1, 0.15) is 13.3 Å². The Kier molecular flexibility index (Phi) is 8.17. The lowest BCUT2D eigenvalue weighted by atomic mass is 10.3. The first kappa shape index (κ1) is 16.9. The number of nitrogens with one attached hydrogen (secondary N) is 1. The van der Waals surface area contributed by atoms with E-state index in [1.54, 1.807) is 18.9 Å². The van der Waals surface area contributed by atoms with Crippen molar-refractivity contribution in [2.45, 2.75) is 19.4 Å². The molecular weight excluding hydrogens is 264 g/mol. The largest absolute Gasteiger partial charge is 0.382 e. The molecule has 0 aromatic heterocycles. The maximum Gasteiger partial charge on any atom is 0.244 e. The number of hydrogen-bond acceptors (Lipinski definition) is 5. The third-order valence-electron chi connectivity index (χ3n) is 2.98. The van der Waals surface area contributed by atoms with E-state index in [9.17, 15) is 9.59 Å². The van der Waals surface area contributed by atoms with Gasteiger partial charge in [0, 0.05) is 26.6 Å². The number of hydrogen-bond donors (Lipinski definition) is 1. The molecule has 1 heterocycles. The van der Waals surface area contributed by atoms with Gasteiger partial charge < -0.3 is 24.4 Å². The number of carbonyl (C=O) groups is 2. The van der Waals surface area contributed by atoms with E-state index >= 15 is 0 Å². The summed E-state index contributed by atoms with van der Waals surface area (Å²) in [6.45, 7) is 5.20. The van der Waals surface area contributed by atoms with Crippen molar-refractivity contribution in [1.82, 2.24) is 10.2 Å². The van der Waals surface area contributed by atoms with Gasteiger partial charge in [0.05, 0.1) is 33.0 Å². The molecule has 1 N–H and O–H groups in total. The molecular formula is C13H24N2O5. The summed E-state index contributed by atoms with van der Waals surface area (Å²) in [7, 11) is 1.62. The highest BCUT2D eigenvalue weighted by molar-refractivity contribution is 5.89. The van der Waals surface area contributed by atoms with Crippen LogP contribution in [-0.4, -0.2) is 76.0 Å². The van der Waals surface area contributed by atoms with Gasteiger partial charge in [-0.2, -0.15) is 0 Å². The van der Waals surface area contributed by atoms with Crippen LogP contribution in [0.5, 0.6) is 0 Å². The zero-order chi connectivity index (χ0) is 14.8. The van der Waals surface area contributed by atoms with Gasteiger partial charge in [-0.1, -0.05) is 0 Å². The minimum absolute atomic E-state index is 0.0594. The molecule has 0 aromatic carbocycles. The highest BCUT2D eigenvalue weighted by Crippen LogP contribution is 2.03. The van der Waals surface area contributed by atoms with Crippen LogP contribution in [0.2, 0.25) is 0 Å². The molecule has 1 saturated heterocycles. The van der Waals surface area contributed by atoms with Crippen LogP contribution in [0.25, 0.3) is 0 Å². The fourth-order valence-corrected chi connectivity index (χ4v) is 1.86. The quantitative estimate of drug-likeness (QED) is 0.574. The Morgan fingerprint density at radius 2 is 1.80 bits per heavy atom. The van der Waals surface area contributed by atoms with Gasteiger partial charge in [0.25, 0.3) is 0 Å². The smallest absolute Gasteiger partial charge is 0.244 e. The van der Waals surface area contributed by atoms with Crippen molar-refractivity contribution in [2.24, 2.45) is 0 Å². The van der Waals surface area contributed by atoms with Crippen molar-refractivity contribution in [2.75, 3.05) is 53.2 Å². The molecule has 2 amide bonds. The molecule has 7 heteroatoms. The number of carbonyl (C=O) groups excluding carboxylic acids is 2. The maximum atomic E-state index is 11.9. The molecule has 1 atom stereocenters. The monoisotopic (exact) mass is 288 g/mol. The Bertz CT molecular complexity index is 311. The van der Waals surface area contributed by atoms with Crippen LogP contribution in [-0.2, 0) is 23.8 Å². The minimum atomic E-state index is -0.456. The normalized spacial score (nSPS) is 19.9. The lowest BCUT2D eigenvalue weighted by Crippen LogP contribution is -2.43. The first-order chi connectivity index (χ1) is 9.65. The van der Waals surface area contributed by atoms with Crippen LogP contribution in [0.4, 0.5) is 0 Å². The summed E-state index contributed by atoms with van der Waals surface area (Å²) in [4.78, 5) is 24.9. The molecule has 1 aliphatic rings. The molecule has 1 fully saturated rings. The average molecular weight is 288 g/mol. The molecule has 7 nitrogen and oxygen atoms in total. The summed E-state index contributed by atoms with van der Waals surface area (Å²) in [6.07, 6.45) is 0.343. The van der Waals surface area contributed by atoms with E-state index in [2.05, 4.69) is 5.32 Å². The van der Waals surface area contributed by atoms with E-state index in [4.69, 9.17) is 14.2 Å². The van der Waals surface area contributed by atoms with Crippen LogP contribution >= 0.6 is 0 Å². The van der Waals surface area contributed by atoms with E-state index in [1.165, 1.54) is 0 Å². The number of methoxy groups -OCH3 is 1. The second-order valence-electron chi connectivity index (χ2n) is 4.58. The standard InChI is InChI=1S/C13H24N2O5/c1-11-13(17)15(4-3-12(16)14-11)5-6-19-9-10-20-8-7-18-2/h11H,3-10H2,1-2H3,(H,14,16). The van der Waals surface area contributed by atoms with E-state index in [0.717, 1.165) is 0 Å². The van der Waals surface area contributed by atoms with Crippen LogP contribution in [0.15, 0.2) is 0 Å². The van der Waals surface area contributed by atoms with Crippen molar-refractivity contribution >= 4 is 11.8 Å². The Morgan fingerprint density at radius 1 is 1.15 bits per heavy atom. The van der Waals surface area contributed by atoms with E-state index in [1.807, 2.05) is 0 Å². The zero-order valence-corrected chi connectivity index (χ0v) is 12.2. The van der Waals surface area contributed by atoms with Gasteiger partial charge in [-0.15, -0.1) is 0 Å². The van der Waals surface area contributed by atoms with Gasteiger partial charge in [-0.3, -0.25) is 9.59 Å². The Morgan fingerprint density at radius 3 is 2.50 bits per heavy atom. The molecule has 0 aliphatic carbocycles. The molecule has 116 valence electrons.